The fourth-order valence-electron chi connectivity index (χ4n) is 6.93. The lowest BCUT2D eigenvalue weighted by Gasteiger charge is -2.55. The van der Waals surface area contributed by atoms with Crippen LogP contribution in [0.4, 0.5) is 0 Å². The Morgan fingerprint density at radius 3 is 1.51 bits per heavy atom. The first-order chi connectivity index (χ1) is 18.8. The first kappa shape index (κ1) is 27.9. The molecular weight excluding hydrogens is 526 g/mol. The third kappa shape index (κ3) is 7.13. The summed E-state index contributed by atoms with van der Waals surface area (Å²) in [6, 6.07) is 32.2. The average molecular weight is 564 g/mol. The van der Waals surface area contributed by atoms with E-state index >= 15 is 0 Å². The van der Waals surface area contributed by atoms with Gasteiger partial charge in [-0.05, 0) is 92.7 Å². The molecule has 3 aromatic rings. The van der Waals surface area contributed by atoms with Crippen molar-refractivity contribution in [3.63, 3.8) is 0 Å². The number of sulfonamides is 1. The number of esters is 1. The molecule has 4 fully saturated rings. The minimum atomic E-state index is -3.33. The molecule has 0 N–H and O–H groups in total. The van der Waals surface area contributed by atoms with E-state index in [2.05, 4.69) is 95.7 Å². The zero-order valence-corrected chi connectivity index (χ0v) is 24.1. The second-order valence-electron chi connectivity index (χ2n) is 11.2. The van der Waals surface area contributed by atoms with Crippen molar-refractivity contribution in [2.24, 2.45) is 23.2 Å². The molecule has 0 aromatic heterocycles. The largest absolute Gasteiger partial charge is 0.547 e. The quantitative estimate of drug-likeness (QED) is 0.170. The Balaban J connectivity index is 0.000000158. The maximum Gasteiger partial charge on any atom is 0.312 e. The summed E-state index contributed by atoms with van der Waals surface area (Å²) in [6.07, 6.45) is 7.83. The van der Waals surface area contributed by atoms with Crippen LogP contribution in [0.15, 0.2) is 106 Å². The van der Waals surface area contributed by atoms with Gasteiger partial charge in [0.15, 0.2) is 14.7 Å². The van der Waals surface area contributed by atoms with Crippen LogP contribution in [-0.4, -0.2) is 33.8 Å². The van der Waals surface area contributed by atoms with Crippen LogP contribution in [0.5, 0.6) is 0 Å². The van der Waals surface area contributed by atoms with Crippen molar-refractivity contribution in [3.05, 3.63) is 95.7 Å². The number of carbonyl (C=O) groups is 1. The molecule has 4 saturated carbocycles. The number of ether oxygens (including phenoxy) is 1. The predicted molar refractivity (Wildman–Crippen MR) is 156 cm³/mol. The topological polar surface area (TPSA) is 74.5 Å². The first-order valence-corrected chi connectivity index (χ1v) is 16.8. The lowest BCUT2D eigenvalue weighted by Crippen LogP contribution is -2.50. The van der Waals surface area contributed by atoms with Crippen LogP contribution in [0.25, 0.3) is 4.72 Å². The van der Waals surface area contributed by atoms with Gasteiger partial charge in [-0.25, -0.2) is 8.42 Å². The van der Waals surface area contributed by atoms with Gasteiger partial charge in [-0.15, -0.1) is 6.54 Å². The number of carbonyl (C=O) groups excluding carboxylic acids is 1. The minimum Gasteiger partial charge on any atom is -0.547 e. The second kappa shape index (κ2) is 12.3. The Bertz CT molecular complexity index is 1200. The van der Waals surface area contributed by atoms with E-state index in [1.54, 1.807) is 0 Å². The van der Waals surface area contributed by atoms with Gasteiger partial charge in [0.25, 0.3) is 0 Å². The zero-order valence-electron chi connectivity index (χ0n) is 22.4. The second-order valence-corrected chi connectivity index (χ2v) is 14.9. The minimum absolute atomic E-state index is 0.0146. The highest BCUT2D eigenvalue weighted by molar-refractivity contribution is 7.97. The Morgan fingerprint density at radius 1 is 0.769 bits per heavy atom. The molecule has 0 amide bonds. The van der Waals surface area contributed by atoms with Crippen LogP contribution >= 0.6 is 0 Å². The Kier molecular flexibility index (Phi) is 8.79. The van der Waals surface area contributed by atoms with Gasteiger partial charge < -0.3 is 9.46 Å². The molecule has 0 radical (unpaired) electrons. The van der Waals surface area contributed by atoms with Gasteiger partial charge in [0.2, 0.25) is 0 Å². The molecule has 0 atom stereocenters. The Hall–Kier alpha value is -2.61. The lowest BCUT2D eigenvalue weighted by atomic mass is 9.49. The first-order valence-electron chi connectivity index (χ1n) is 13.8. The normalized spacial score (nSPS) is 25.1. The summed E-state index contributed by atoms with van der Waals surface area (Å²) in [5.74, 6) is 2.00. The van der Waals surface area contributed by atoms with Crippen molar-refractivity contribution >= 4 is 26.9 Å². The summed E-state index contributed by atoms with van der Waals surface area (Å²) in [5.41, 5.74) is -0.264. The van der Waals surface area contributed by atoms with E-state index in [1.807, 2.05) is 0 Å². The molecule has 39 heavy (non-hydrogen) atoms. The van der Waals surface area contributed by atoms with Crippen molar-refractivity contribution in [2.75, 3.05) is 19.4 Å². The van der Waals surface area contributed by atoms with E-state index in [0.29, 0.717) is 17.8 Å². The maximum absolute atomic E-state index is 12.4. The molecule has 7 rings (SSSR count). The molecule has 4 aliphatic rings. The summed E-state index contributed by atoms with van der Waals surface area (Å²) >= 11 is 0. The third-order valence-corrected chi connectivity index (χ3v) is 10.9. The monoisotopic (exact) mass is 563 g/mol. The summed E-state index contributed by atoms with van der Waals surface area (Å²) < 4.78 is 30.6. The van der Waals surface area contributed by atoms with Crippen LogP contribution in [0.1, 0.15) is 38.5 Å². The van der Waals surface area contributed by atoms with Crippen molar-refractivity contribution in [2.45, 2.75) is 53.2 Å². The molecule has 5 nitrogen and oxygen atoms in total. The summed E-state index contributed by atoms with van der Waals surface area (Å²) in [5, 5.41) is 0. The number of benzene rings is 3. The smallest absolute Gasteiger partial charge is 0.312 e. The highest BCUT2D eigenvalue weighted by atomic mass is 32.2. The molecular formula is C32H37NO4S2. The molecule has 0 heterocycles. The SMILES string of the molecule is CS(=O)(=O)[N-]CCOC(=O)C12CC3CC(CC(C3)C1)C2.c1ccc([S+](c2ccccc2)c2ccccc2)cc1. The van der Waals surface area contributed by atoms with E-state index in [9.17, 15) is 13.2 Å². The van der Waals surface area contributed by atoms with Crippen molar-refractivity contribution in [1.82, 2.24) is 0 Å². The highest BCUT2D eigenvalue weighted by Gasteiger charge is 2.55. The molecule has 4 aliphatic carbocycles. The maximum atomic E-state index is 12.4. The molecule has 0 saturated heterocycles. The van der Waals surface area contributed by atoms with Crippen LogP contribution in [-0.2, 0) is 30.4 Å². The highest BCUT2D eigenvalue weighted by Crippen LogP contribution is 2.60. The summed E-state index contributed by atoms with van der Waals surface area (Å²) in [4.78, 5) is 16.5. The number of nitrogens with zero attached hydrogens (tertiary/aromatic N) is 1. The van der Waals surface area contributed by atoms with Gasteiger partial charge in [0.1, 0.15) is 0 Å². The number of rotatable bonds is 8. The van der Waals surface area contributed by atoms with Crippen molar-refractivity contribution in [1.29, 1.82) is 0 Å². The molecule has 7 heteroatoms. The standard InChI is InChI=1S/C18H15S.C14H22NO4S/c1-4-10-16(11-5-1)19(17-12-6-2-7-13-17)18-14-8-3-9-15-18;1-20(17,18)15-2-3-19-13(16)14-7-10-4-11(8-14)6-12(5-10)9-14/h1-15H;10-12H,2-9H2,1H3/q+1;-1. The molecule has 0 aliphatic heterocycles. The van der Waals surface area contributed by atoms with E-state index in [1.165, 1.54) is 33.9 Å². The number of hydrogen-bond donors (Lipinski definition) is 0. The van der Waals surface area contributed by atoms with Crippen LogP contribution in [0.2, 0.25) is 0 Å². The van der Waals surface area contributed by atoms with E-state index in [0.717, 1.165) is 25.5 Å². The van der Waals surface area contributed by atoms with E-state index in [-0.39, 0.29) is 35.4 Å². The molecule has 206 valence electrons. The molecule has 0 spiro atoms. The van der Waals surface area contributed by atoms with Gasteiger partial charge in [0, 0.05) is 6.26 Å². The fraction of sp³-hybridized carbons (Fsp3) is 0.406. The molecule has 0 unspecified atom stereocenters. The lowest BCUT2D eigenvalue weighted by molar-refractivity contribution is -0.171. The van der Waals surface area contributed by atoms with Crippen LogP contribution in [0, 0.1) is 23.2 Å². The van der Waals surface area contributed by atoms with Crippen LogP contribution in [0.3, 0.4) is 0 Å². The van der Waals surface area contributed by atoms with Gasteiger partial charge >= 0.3 is 5.97 Å². The van der Waals surface area contributed by atoms with E-state index < -0.39 is 10.0 Å². The predicted octanol–water partition coefficient (Wildman–Crippen LogP) is 6.86. The Labute approximate surface area is 235 Å². The third-order valence-electron chi connectivity index (χ3n) is 8.06. The zero-order chi connectivity index (χ0) is 27.3. The van der Waals surface area contributed by atoms with E-state index in [4.69, 9.17) is 4.74 Å². The fourth-order valence-corrected chi connectivity index (χ4v) is 9.44. The summed E-state index contributed by atoms with van der Waals surface area (Å²) in [7, 11) is -3.35. The molecule has 3 aromatic carbocycles. The molecule has 4 bridgehead atoms. The number of hydrogen-bond acceptors (Lipinski definition) is 4. The Morgan fingerprint density at radius 2 is 1.15 bits per heavy atom. The van der Waals surface area contributed by atoms with Crippen molar-refractivity contribution < 1.29 is 17.9 Å². The van der Waals surface area contributed by atoms with Crippen LogP contribution < -0.4 is 0 Å². The van der Waals surface area contributed by atoms with Gasteiger partial charge in [-0.2, -0.15) is 0 Å². The van der Waals surface area contributed by atoms with Gasteiger partial charge in [-0.1, -0.05) is 54.6 Å². The van der Waals surface area contributed by atoms with Gasteiger partial charge in [-0.3, -0.25) is 4.79 Å². The average Bonchev–Trinajstić information content (AvgIpc) is 2.92. The van der Waals surface area contributed by atoms with Gasteiger partial charge in [0.05, 0.1) is 32.9 Å². The van der Waals surface area contributed by atoms with Crippen molar-refractivity contribution in [3.8, 4) is 0 Å². The summed E-state index contributed by atoms with van der Waals surface area (Å²) in [6.45, 7) is 0.116.